The first kappa shape index (κ1) is 18.9. The van der Waals surface area contributed by atoms with Crippen molar-refractivity contribution >= 4 is 11.6 Å². The van der Waals surface area contributed by atoms with Crippen LogP contribution < -0.4 is 10.3 Å². The minimum atomic E-state index is -0.509. The SMILES string of the molecule is Cc1ccc(Oc2ccc(-c3cc(-c4ccccc4)[nH]c(=O)c3)nc2)c(Cl)c1F. The Labute approximate surface area is 171 Å². The van der Waals surface area contributed by atoms with E-state index in [1.807, 2.05) is 36.4 Å². The summed E-state index contributed by atoms with van der Waals surface area (Å²) < 4.78 is 19.6. The van der Waals surface area contributed by atoms with Crippen LogP contribution >= 0.6 is 11.6 Å². The molecule has 0 bridgehead atoms. The molecule has 0 amide bonds. The molecule has 6 heteroatoms. The molecular weight excluding hydrogens is 391 g/mol. The number of aromatic nitrogens is 2. The van der Waals surface area contributed by atoms with E-state index in [1.165, 1.54) is 12.3 Å². The summed E-state index contributed by atoms with van der Waals surface area (Å²) in [6.45, 7) is 1.63. The number of H-pyrrole nitrogens is 1. The van der Waals surface area contributed by atoms with Gasteiger partial charge in [-0.15, -0.1) is 0 Å². The summed E-state index contributed by atoms with van der Waals surface area (Å²) in [5.41, 5.74) is 3.13. The average molecular weight is 407 g/mol. The minimum Gasteiger partial charge on any atom is -0.454 e. The molecule has 0 aliphatic heterocycles. The second-order valence-electron chi connectivity index (χ2n) is 6.50. The zero-order valence-corrected chi connectivity index (χ0v) is 16.2. The van der Waals surface area contributed by atoms with Crippen molar-refractivity contribution < 1.29 is 9.13 Å². The molecule has 0 saturated carbocycles. The maximum Gasteiger partial charge on any atom is 0.249 e. The summed E-state index contributed by atoms with van der Waals surface area (Å²) in [5.74, 6) is 0.115. The Morgan fingerprint density at radius 2 is 1.79 bits per heavy atom. The molecule has 0 aliphatic rings. The number of aromatic amines is 1. The molecule has 2 aromatic heterocycles. The summed E-state index contributed by atoms with van der Waals surface area (Å²) in [7, 11) is 0. The molecule has 0 atom stereocenters. The van der Waals surface area contributed by atoms with Crippen LogP contribution in [0.1, 0.15) is 5.56 Å². The fourth-order valence-electron chi connectivity index (χ4n) is 2.91. The molecule has 144 valence electrons. The van der Waals surface area contributed by atoms with Crippen molar-refractivity contribution in [2.75, 3.05) is 0 Å². The van der Waals surface area contributed by atoms with Gasteiger partial charge in [-0.25, -0.2) is 4.39 Å². The Morgan fingerprint density at radius 1 is 1.00 bits per heavy atom. The third kappa shape index (κ3) is 4.05. The lowest BCUT2D eigenvalue weighted by atomic mass is 10.1. The van der Waals surface area contributed by atoms with Crippen LogP contribution in [0.25, 0.3) is 22.5 Å². The van der Waals surface area contributed by atoms with Crippen molar-refractivity contribution in [3.05, 3.63) is 99.7 Å². The first-order valence-corrected chi connectivity index (χ1v) is 9.28. The topological polar surface area (TPSA) is 55.0 Å². The van der Waals surface area contributed by atoms with Gasteiger partial charge in [0.1, 0.15) is 22.3 Å². The molecule has 0 spiro atoms. The van der Waals surface area contributed by atoms with Crippen LogP contribution in [0.5, 0.6) is 11.5 Å². The molecule has 29 heavy (non-hydrogen) atoms. The maximum absolute atomic E-state index is 13.9. The number of ether oxygens (including phenoxy) is 1. The Morgan fingerprint density at radius 3 is 2.52 bits per heavy atom. The zero-order chi connectivity index (χ0) is 20.4. The average Bonchev–Trinajstić information content (AvgIpc) is 2.75. The van der Waals surface area contributed by atoms with Crippen molar-refractivity contribution in [1.29, 1.82) is 0 Å². The Bertz CT molecular complexity index is 1220. The van der Waals surface area contributed by atoms with Crippen LogP contribution in [0.3, 0.4) is 0 Å². The van der Waals surface area contributed by atoms with Gasteiger partial charge in [0.05, 0.1) is 11.9 Å². The Kier molecular flexibility index (Phi) is 5.14. The monoisotopic (exact) mass is 406 g/mol. The third-order valence-electron chi connectivity index (χ3n) is 4.43. The van der Waals surface area contributed by atoms with Crippen LogP contribution in [0.4, 0.5) is 4.39 Å². The molecule has 2 aromatic carbocycles. The molecule has 4 aromatic rings. The molecule has 2 heterocycles. The maximum atomic E-state index is 13.9. The minimum absolute atomic E-state index is 0.0730. The van der Waals surface area contributed by atoms with Crippen LogP contribution in [-0.4, -0.2) is 9.97 Å². The number of halogens is 2. The third-order valence-corrected chi connectivity index (χ3v) is 4.78. The van der Waals surface area contributed by atoms with E-state index in [4.69, 9.17) is 16.3 Å². The molecule has 1 N–H and O–H groups in total. The molecule has 0 radical (unpaired) electrons. The van der Waals surface area contributed by atoms with Crippen molar-refractivity contribution in [1.82, 2.24) is 9.97 Å². The molecular formula is C23H16ClFN2O2. The number of nitrogens with one attached hydrogen (secondary N) is 1. The zero-order valence-electron chi connectivity index (χ0n) is 15.4. The van der Waals surface area contributed by atoms with Gasteiger partial charge in [-0.3, -0.25) is 9.78 Å². The standard InChI is InChI=1S/C23H16ClFN2O2/c1-14-7-10-20(22(24)23(14)25)29-17-8-9-18(26-13-17)16-11-19(27-21(28)12-16)15-5-3-2-4-6-15/h2-13H,1H3,(H,27,28). The number of rotatable bonds is 4. The summed E-state index contributed by atoms with van der Waals surface area (Å²) in [6.07, 6.45) is 1.51. The smallest absolute Gasteiger partial charge is 0.249 e. The Hall–Kier alpha value is -3.44. The predicted octanol–water partition coefficient (Wildman–Crippen LogP) is 6.00. The van der Waals surface area contributed by atoms with Gasteiger partial charge >= 0.3 is 0 Å². The van der Waals surface area contributed by atoms with Crippen LogP contribution in [0.15, 0.2) is 77.7 Å². The first-order valence-electron chi connectivity index (χ1n) is 8.90. The van der Waals surface area contributed by atoms with Crippen molar-refractivity contribution in [3.63, 3.8) is 0 Å². The van der Waals surface area contributed by atoms with E-state index in [0.29, 0.717) is 28.3 Å². The van der Waals surface area contributed by atoms with Crippen molar-refractivity contribution in [3.8, 4) is 34.0 Å². The predicted molar refractivity (Wildman–Crippen MR) is 112 cm³/mol. The van der Waals surface area contributed by atoms with E-state index in [9.17, 15) is 9.18 Å². The summed E-state index contributed by atoms with van der Waals surface area (Å²) >= 11 is 6.01. The molecule has 0 fully saturated rings. The van der Waals surface area contributed by atoms with E-state index in [-0.39, 0.29) is 16.3 Å². The van der Waals surface area contributed by atoms with E-state index in [2.05, 4.69) is 9.97 Å². The highest BCUT2D eigenvalue weighted by atomic mass is 35.5. The number of pyridine rings is 2. The lowest BCUT2D eigenvalue weighted by Gasteiger charge is -2.10. The molecule has 4 rings (SSSR count). The number of hydrogen-bond acceptors (Lipinski definition) is 3. The van der Waals surface area contributed by atoms with Crippen molar-refractivity contribution in [2.45, 2.75) is 6.92 Å². The van der Waals surface area contributed by atoms with Crippen LogP contribution in [0.2, 0.25) is 5.02 Å². The lowest BCUT2D eigenvalue weighted by molar-refractivity contribution is 0.474. The van der Waals surface area contributed by atoms with E-state index in [0.717, 1.165) is 5.56 Å². The first-order chi connectivity index (χ1) is 14.0. The summed E-state index contributed by atoms with van der Waals surface area (Å²) in [4.78, 5) is 19.3. The molecule has 0 aliphatic carbocycles. The Balaban J connectivity index is 1.63. The fourth-order valence-corrected chi connectivity index (χ4v) is 3.16. The largest absolute Gasteiger partial charge is 0.454 e. The van der Waals surface area contributed by atoms with Crippen LogP contribution in [0, 0.1) is 12.7 Å². The number of aryl methyl sites for hydroxylation is 1. The quantitative estimate of drug-likeness (QED) is 0.452. The van der Waals surface area contributed by atoms with Gasteiger partial charge in [0, 0.05) is 17.3 Å². The summed E-state index contributed by atoms with van der Waals surface area (Å²) in [6, 6.07) is 19.6. The van der Waals surface area contributed by atoms with Crippen LogP contribution in [-0.2, 0) is 0 Å². The molecule has 0 unspecified atom stereocenters. The van der Waals surface area contributed by atoms with Gasteiger partial charge in [-0.2, -0.15) is 0 Å². The van der Waals surface area contributed by atoms with Gasteiger partial charge in [-0.1, -0.05) is 48.0 Å². The van der Waals surface area contributed by atoms with E-state index in [1.54, 1.807) is 31.2 Å². The highest BCUT2D eigenvalue weighted by molar-refractivity contribution is 6.32. The van der Waals surface area contributed by atoms with Gasteiger partial charge in [0.25, 0.3) is 0 Å². The summed E-state index contributed by atoms with van der Waals surface area (Å²) in [5, 5.41) is -0.0730. The highest BCUT2D eigenvalue weighted by Crippen LogP contribution is 2.33. The number of hydrogen-bond donors (Lipinski definition) is 1. The highest BCUT2D eigenvalue weighted by Gasteiger charge is 2.12. The van der Waals surface area contributed by atoms with Crippen molar-refractivity contribution in [2.24, 2.45) is 0 Å². The van der Waals surface area contributed by atoms with Gasteiger partial charge < -0.3 is 9.72 Å². The normalized spacial score (nSPS) is 10.7. The van der Waals surface area contributed by atoms with Gasteiger partial charge in [0.2, 0.25) is 5.56 Å². The number of benzene rings is 2. The van der Waals surface area contributed by atoms with E-state index >= 15 is 0 Å². The molecule has 4 nitrogen and oxygen atoms in total. The number of nitrogens with zero attached hydrogens (tertiary/aromatic N) is 1. The van der Waals surface area contributed by atoms with Gasteiger partial charge in [-0.05, 0) is 42.3 Å². The second-order valence-corrected chi connectivity index (χ2v) is 6.88. The lowest BCUT2D eigenvalue weighted by Crippen LogP contribution is -2.06. The fraction of sp³-hybridized carbons (Fsp3) is 0.0435. The van der Waals surface area contributed by atoms with Gasteiger partial charge in [0.15, 0.2) is 0 Å². The van der Waals surface area contributed by atoms with E-state index < -0.39 is 5.82 Å². The molecule has 0 saturated heterocycles. The second kappa shape index (κ2) is 7.89.